The third-order valence-electron chi connectivity index (χ3n) is 8.41. The Morgan fingerprint density at radius 1 is 1.11 bits per heavy atom. The molecule has 0 radical (unpaired) electrons. The van der Waals surface area contributed by atoms with Crippen LogP contribution in [0.25, 0.3) is 5.57 Å². The third-order valence-corrected chi connectivity index (χ3v) is 8.41. The van der Waals surface area contributed by atoms with Gasteiger partial charge in [-0.1, -0.05) is 38.8 Å². The fraction of sp³-hybridized carbons (Fsp3) is 0.640. The van der Waals surface area contributed by atoms with Crippen LogP contribution in [-0.4, -0.2) is 5.97 Å². The van der Waals surface area contributed by atoms with E-state index in [4.69, 9.17) is 4.74 Å². The number of benzene rings is 1. The van der Waals surface area contributed by atoms with Gasteiger partial charge in [0.1, 0.15) is 5.75 Å². The van der Waals surface area contributed by atoms with Gasteiger partial charge in [-0.25, -0.2) is 0 Å². The Bertz CT molecular complexity index is 773. The Kier molecular flexibility index (Phi) is 4.22. The zero-order valence-corrected chi connectivity index (χ0v) is 16.6. The van der Waals surface area contributed by atoms with Crippen molar-refractivity contribution in [3.8, 4) is 5.75 Å². The van der Waals surface area contributed by atoms with E-state index >= 15 is 0 Å². The van der Waals surface area contributed by atoms with E-state index in [2.05, 4.69) is 25.6 Å². The van der Waals surface area contributed by atoms with Crippen molar-refractivity contribution in [2.24, 2.45) is 23.2 Å². The summed E-state index contributed by atoms with van der Waals surface area (Å²) < 4.78 is 5.75. The minimum absolute atomic E-state index is 0.0360. The maximum atomic E-state index is 12.4. The summed E-state index contributed by atoms with van der Waals surface area (Å²) in [5.74, 6) is 3.07. The molecule has 0 N–H and O–H groups in total. The standard InChI is InChI=1S/C25H32O2/c1-16-14-22-20(11-13-25(2)12-5-8-23(22)25)19-10-9-18(15-21(16)19)27-24(26)17-6-3-4-7-17/h9-10,15,17,20,22-23H,1,3-8,11-14H2,2H3/t20-,22-,23+,25+/m1/s1. The number of allylic oxidation sites excluding steroid dienone is 1. The second-order valence-corrected chi connectivity index (χ2v) is 9.92. The van der Waals surface area contributed by atoms with Gasteiger partial charge in [-0.05, 0) is 96.9 Å². The summed E-state index contributed by atoms with van der Waals surface area (Å²) in [6.07, 6.45) is 12.3. The molecule has 0 spiro atoms. The molecule has 0 aromatic heterocycles. The molecular weight excluding hydrogens is 332 g/mol. The Labute approximate surface area is 163 Å². The summed E-state index contributed by atoms with van der Waals surface area (Å²) in [6.45, 7) is 6.97. The second kappa shape index (κ2) is 6.50. The summed E-state index contributed by atoms with van der Waals surface area (Å²) in [6, 6.07) is 6.37. The zero-order valence-electron chi connectivity index (χ0n) is 16.6. The van der Waals surface area contributed by atoms with Crippen molar-refractivity contribution in [1.29, 1.82) is 0 Å². The van der Waals surface area contributed by atoms with Crippen LogP contribution in [0.5, 0.6) is 5.75 Å². The van der Waals surface area contributed by atoms with Crippen molar-refractivity contribution < 1.29 is 9.53 Å². The first kappa shape index (κ1) is 17.5. The molecule has 2 heteroatoms. The third kappa shape index (κ3) is 2.87. The van der Waals surface area contributed by atoms with Crippen molar-refractivity contribution in [3.63, 3.8) is 0 Å². The molecule has 3 fully saturated rings. The summed E-state index contributed by atoms with van der Waals surface area (Å²) in [5.41, 5.74) is 4.54. The maximum Gasteiger partial charge on any atom is 0.314 e. The molecule has 3 saturated carbocycles. The van der Waals surface area contributed by atoms with E-state index in [-0.39, 0.29) is 11.9 Å². The lowest BCUT2D eigenvalue weighted by Crippen LogP contribution is -2.39. The van der Waals surface area contributed by atoms with Gasteiger partial charge in [-0.2, -0.15) is 0 Å². The number of rotatable bonds is 2. The quantitative estimate of drug-likeness (QED) is 0.442. The molecule has 0 bridgehead atoms. The Hall–Kier alpha value is -1.57. The molecule has 4 aliphatic carbocycles. The Morgan fingerprint density at radius 3 is 2.74 bits per heavy atom. The fourth-order valence-electron chi connectivity index (χ4n) is 6.94. The van der Waals surface area contributed by atoms with Gasteiger partial charge in [-0.3, -0.25) is 4.79 Å². The average Bonchev–Trinajstić information content (AvgIpc) is 3.31. The van der Waals surface area contributed by atoms with Gasteiger partial charge in [0.2, 0.25) is 0 Å². The van der Waals surface area contributed by atoms with E-state index < -0.39 is 0 Å². The van der Waals surface area contributed by atoms with Gasteiger partial charge in [0.05, 0.1) is 5.92 Å². The van der Waals surface area contributed by atoms with Crippen molar-refractivity contribution in [2.75, 3.05) is 0 Å². The number of carbonyl (C=O) groups excluding carboxylic acids is 1. The molecule has 1 aromatic rings. The van der Waals surface area contributed by atoms with E-state index in [1.807, 2.05) is 6.07 Å². The summed E-state index contributed by atoms with van der Waals surface area (Å²) in [7, 11) is 0. The van der Waals surface area contributed by atoms with Crippen LogP contribution in [0.4, 0.5) is 0 Å². The molecule has 5 rings (SSSR count). The monoisotopic (exact) mass is 364 g/mol. The van der Waals surface area contributed by atoms with Crippen molar-refractivity contribution >= 4 is 11.5 Å². The van der Waals surface area contributed by atoms with Crippen molar-refractivity contribution in [3.05, 3.63) is 35.9 Å². The lowest BCUT2D eigenvalue weighted by molar-refractivity contribution is -0.138. The summed E-state index contributed by atoms with van der Waals surface area (Å²) in [4.78, 5) is 12.4. The topological polar surface area (TPSA) is 26.3 Å². The first-order valence-electron chi connectivity index (χ1n) is 11.1. The van der Waals surface area contributed by atoms with Crippen molar-refractivity contribution in [2.45, 2.75) is 77.0 Å². The van der Waals surface area contributed by atoms with Gasteiger partial charge in [0, 0.05) is 0 Å². The molecule has 4 atom stereocenters. The van der Waals surface area contributed by atoms with E-state index in [1.54, 1.807) is 0 Å². The maximum absolute atomic E-state index is 12.4. The first-order valence-corrected chi connectivity index (χ1v) is 11.1. The Morgan fingerprint density at radius 2 is 1.93 bits per heavy atom. The van der Waals surface area contributed by atoms with Crippen LogP contribution in [0.15, 0.2) is 24.8 Å². The number of carbonyl (C=O) groups is 1. The van der Waals surface area contributed by atoms with E-state index in [0.29, 0.717) is 17.1 Å². The highest BCUT2D eigenvalue weighted by molar-refractivity contribution is 5.77. The average molecular weight is 365 g/mol. The van der Waals surface area contributed by atoms with Gasteiger partial charge in [-0.15, -0.1) is 0 Å². The molecule has 2 nitrogen and oxygen atoms in total. The molecule has 1 aromatic carbocycles. The number of hydrogen-bond acceptors (Lipinski definition) is 2. The first-order chi connectivity index (χ1) is 13.0. The van der Waals surface area contributed by atoms with Crippen LogP contribution < -0.4 is 4.74 Å². The molecule has 0 aliphatic heterocycles. The number of ether oxygens (including phenoxy) is 1. The molecule has 0 amide bonds. The summed E-state index contributed by atoms with van der Waals surface area (Å²) >= 11 is 0. The minimum atomic E-state index is -0.0360. The van der Waals surface area contributed by atoms with Crippen LogP contribution in [0, 0.1) is 23.2 Å². The highest BCUT2D eigenvalue weighted by Crippen LogP contribution is 2.62. The van der Waals surface area contributed by atoms with Gasteiger partial charge >= 0.3 is 5.97 Å². The zero-order chi connectivity index (χ0) is 18.6. The fourth-order valence-corrected chi connectivity index (χ4v) is 6.94. The predicted octanol–water partition coefficient (Wildman–Crippen LogP) is 6.50. The number of fused-ring (bicyclic) bond motifs is 5. The van der Waals surface area contributed by atoms with E-state index in [1.165, 1.54) is 48.8 Å². The normalized spacial score (nSPS) is 35.4. The van der Waals surface area contributed by atoms with Crippen LogP contribution in [0.3, 0.4) is 0 Å². The van der Waals surface area contributed by atoms with E-state index in [9.17, 15) is 4.79 Å². The second-order valence-electron chi connectivity index (χ2n) is 9.92. The number of esters is 1. The molecule has 0 unspecified atom stereocenters. The SMILES string of the molecule is C=C1C[C@@H]2[C@H](CC[C@]3(C)CCC[C@@H]23)c2ccc(OC(=O)C3CCCC3)cc21. The lowest BCUT2D eigenvalue weighted by Gasteiger charge is -2.49. The number of hydrogen-bond donors (Lipinski definition) is 0. The highest BCUT2D eigenvalue weighted by Gasteiger charge is 2.50. The summed E-state index contributed by atoms with van der Waals surface area (Å²) in [5, 5.41) is 0. The molecule has 4 aliphatic rings. The molecule has 0 heterocycles. The minimum Gasteiger partial charge on any atom is -0.426 e. The molecular formula is C25H32O2. The predicted molar refractivity (Wildman–Crippen MR) is 109 cm³/mol. The molecule has 144 valence electrons. The van der Waals surface area contributed by atoms with Crippen molar-refractivity contribution in [1.82, 2.24) is 0 Å². The largest absolute Gasteiger partial charge is 0.426 e. The van der Waals surface area contributed by atoms with Crippen LogP contribution in [0.1, 0.15) is 88.2 Å². The van der Waals surface area contributed by atoms with Crippen LogP contribution in [-0.2, 0) is 4.79 Å². The van der Waals surface area contributed by atoms with Crippen LogP contribution >= 0.6 is 0 Å². The highest BCUT2D eigenvalue weighted by atomic mass is 16.5. The van der Waals surface area contributed by atoms with E-state index in [0.717, 1.165) is 43.9 Å². The van der Waals surface area contributed by atoms with Gasteiger partial charge in [0.15, 0.2) is 0 Å². The van der Waals surface area contributed by atoms with Gasteiger partial charge < -0.3 is 4.74 Å². The molecule has 0 saturated heterocycles. The Balaban J connectivity index is 1.40. The smallest absolute Gasteiger partial charge is 0.314 e. The van der Waals surface area contributed by atoms with Crippen LogP contribution in [0.2, 0.25) is 0 Å². The lowest BCUT2D eigenvalue weighted by atomic mass is 9.55. The molecule has 27 heavy (non-hydrogen) atoms. The van der Waals surface area contributed by atoms with Gasteiger partial charge in [0.25, 0.3) is 0 Å².